The van der Waals surface area contributed by atoms with E-state index < -0.39 is 31.9 Å². The van der Waals surface area contributed by atoms with E-state index in [4.69, 9.17) is 23.0 Å². The number of esters is 1. The van der Waals surface area contributed by atoms with Gasteiger partial charge in [-0.05, 0) is 23.6 Å². The molecule has 3 aromatic rings. The van der Waals surface area contributed by atoms with Gasteiger partial charge >= 0.3 is 13.8 Å². The SMILES string of the molecule is CO[C@H](COP(=O)(OCc1ccccc1)OCc1ccccc1)C[C@H](O)[C@@H](C)C(=O)OCc1ccccc1. The normalized spacial score (nSPS) is 14.0. The first-order valence-corrected chi connectivity index (χ1v) is 13.9. The van der Waals surface area contributed by atoms with E-state index in [0.717, 1.165) is 16.7 Å². The molecule has 204 valence electrons. The fourth-order valence-corrected chi connectivity index (χ4v) is 4.65. The van der Waals surface area contributed by atoms with Crippen LogP contribution in [-0.2, 0) is 52.2 Å². The van der Waals surface area contributed by atoms with Crippen LogP contribution in [0.5, 0.6) is 0 Å². The van der Waals surface area contributed by atoms with E-state index in [0.29, 0.717) is 0 Å². The Morgan fingerprint density at radius 3 is 1.66 bits per heavy atom. The van der Waals surface area contributed by atoms with Gasteiger partial charge in [-0.15, -0.1) is 0 Å². The fraction of sp³-hybridized carbons (Fsp3) is 0.345. The summed E-state index contributed by atoms with van der Waals surface area (Å²) < 4.78 is 41.1. The standard InChI is InChI=1S/C29H35O8P/c1-23(29(31)34-19-24-12-6-3-7-13-24)28(30)18-27(33-2)22-37-38(32,35-20-25-14-8-4-9-15-25)36-21-26-16-10-5-11-17-26/h3-17,23,27-28,30H,18-22H2,1-2H3/t23-,27+,28+/m1/s1. The lowest BCUT2D eigenvalue weighted by Crippen LogP contribution is -2.33. The highest BCUT2D eigenvalue weighted by Crippen LogP contribution is 2.51. The van der Waals surface area contributed by atoms with Crippen LogP contribution in [0.2, 0.25) is 0 Å². The lowest BCUT2D eigenvalue weighted by atomic mass is 9.99. The van der Waals surface area contributed by atoms with Crippen molar-refractivity contribution < 1.29 is 37.5 Å². The molecule has 0 unspecified atom stereocenters. The first-order chi connectivity index (χ1) is 18.4. The van der Waals surface area contributed by atoms with E-state index in [2.05, 4.69) is 0 Å². The van der Waals surface area contributed by atoms with E-state index in [1.54, 1.807) is 6.92 Å². The molecular weight excluding hydrogens is 507 g/mol. The van der Waals surface area contributed by atoms with Gasteiger partial charge in [0.25, 0.3) is 0 Å². The Balaban J connectivity index is 1.55. The van der Waals surface area contributed by atoms with Gasteiger partial charge in [-0.25, -0.2) is 4.57 Å². The second-order valence-corrected chi connectivity index (χ2v) is 10.5. The molecule has 0 fully saturated rings. The van der Waals surface area contributed by atoms with E-state index in [1.807, 2.05) is 91.0 Å². The van der Waals surface area contributed by atoms with Gasteiger partial charge < -0.3 is 14.6 Å². The Morgan fingerprint density at radius 2 is 1.21 bits per heavy atom. The molecule has 9 heteroatoms. The number of benzene rings is 3. The number of phosphoric acid groups is 1. The molecule has 0 heterocycles. The second kappa shape index (κ2) is 15.5. The Morgan fingerprint density at radius 1 is 0.763 bits per heavy atom. The zero-order valence-electron chi connectivity index (χ0n) is 21.7. The number of aliphatic hydroxyl groups excluding tert-OH is 1. The average Bonchev–Trinajstić information content (AvgIpc) is 2.97. The number of hydrogen-bond donors (Lipinski definition) is 1. The average molecular weight is 543 g/mol. The smallest absolute Gasteiger partial charge is 0.461 e. The molecule has 1 N–H and O–H groups in total. The summed E-state index contributed by atoms with van der Waals surface area (Å²) in [6.45, 7) is 1.58. The van der Waals surface area contributed by atoms with Crippen molar-refractivity contribution in [1.29, 1.82) is 0 Å². The Hall–Kier alpha value is -2.84. The number of ether oxygens (including phenoxy) is 2. The van der Waals surface area contributed by atoms with Crippen molar-refractivity contribution in [2.24, 2.45) is 5.92 Å². The van der Waals surface area contributed by atoms with Crippen LogP contribution in [0.3, 0.4) is 0 Å². The fourth-order valence-electron chi connectivity index (χ4n) is 3.46. The summed E-state index contributed by atoms with van der Waals surface area (Å²) in [4.78, 5) is 12.4. The van der Waals surface area contributed by atoms with Gasteiger partial charge in [0.2, 0.25) is 0 Å². The van der Waals surface area contributed by atoms with E-state index in [1.165, 1.54) is 7.11 Å². The van der Waals surface area contributed by atoms with Gasteiger partial charge in [-0.1, -0.05) is 91.0 Å². The molecule has 0 saturated heterocycles. The number of methoxy groups -OCH3 is 1. The minimum atomic E-state index is -4.00. The van der Waals surface area contributed by atoms with Crippen LogP contribution in [0.1, 0.15) is 30.0 Å². The monoisotopic (exact) mass is 542 g/mol. The third kappa shape index (κ3) is 10.1. The second-order valence-electron chi connectivity index (χ2n) is 8.80. The molecule has 0 aliphatic heterocycles. The van der Waals surface area contributed by atoms with Crippen LogP contribution < -0.4 is 0 Å². The number of carbonyl (C=O) groups excluding carboxylic acids is 1. The van der Waals surface area contributed by atoms with E-state index in [9.17, 15) is 14.5 Å². The molecule has 0 aromatic heterocycles. The first kappa shape index (κ1) is 29.7. The Kier molecular flexibility index (Phi) is 12.2. The minimum Gasteiger partial charge on any atom is -0.461 e. The van der Waals surface area contributed by atoms with Crippen molar-refractivity contribution in [2.75, 3.05) is 13.7 Å². The lowest BCUT2D eigenvalue weighted by Gasteiger charge is -2.24. The molecule has 0 aliphatic carbocycles. The highest BCUT2D eigenvalue weighted by atomic mass is 31.2. The predicted molar refractivity (Wildman–Crippen MR) is 143 cm³/mol. The number of phosphoric ester groups is 1. The van der Waals surface area contributed by atoms with Crippen LogP contribution in [0.25, 0.3) is 0 Å². The maximum atomic E-state index is 13.5. The number of rotatable bonds is 16. The summed E-state index contributed by atoms with van der Waals surface area (Å²) in [7, 11) is -2.56. The number of carbonyl (C=O) groups is 1. The van der Waals surface area contributed by atoms with Crippen molar-refractivity contribution in [3.8, 4) is 0 Å². The summed E-state index contributed by atoms with van der Waals surface area (Å²) in [5.41, 5.74) is 2.47. The van der Waals surface area contributed by atoms with Crippen LogP contribution >= 0.6 is 7.82 Å². The van der Waals surface area contributed by atoms with Gasteiger partial charge in [-0.2, -0.15) is 0 Å². The molecule has 38 heavy (non-hydrogen) atoms. The van der Waals surface area contributed by atoms with E-state index in [-0.39, 0.29) is 32.8 Å². The summed E-state index contributed by atoms with van der Waals surface area (Å²) in [6.07, 6.45) is -1.69. The maximum Gasteiger partial charge on any atom is 0.475 e. The Labute approximate surface area is 224 Å². The number of aliphatic hydroxyl groups is 1. The quantitative estimate of drug-likeness (QED) is 0.182. The van der Waals surface area contributed by atoms with Crippen LogP contribution in [0.4, 0.5) is 0 Å². The maximum absolute atomic E-state index is 13.5. The molecule has 3 atom stereocenters. The van der Waals surface area contributed by atoms with Crippen molar-refractivity contribution >= 4 is 13.8 Å². The highest BCUT2D eigenvalue weighted by molar-refractivity contribution is 7.48. The zero-order valence-corrected chi connectivity index (χ0v) is 22.6. The van der Waals surface area contributed by atoms with Crippen LogP contribution in [-0.4, -0.2) is 37.0 Å². The molecule has 8 nitrogen and oxygen atoms in total. The molecule has 0 radical (unpaired) electrons. The van der Waals surface area contributed by atoms with Crippen molar-refractivity contribution in [3.63, 3.8) is 0 Å². The highest BCUT2D eigenvalue weighted by Gasteiger charge is 2.31. The predicted octanol–water partition coefficient (Wildman–Crippen LogP) is 5.69. The summed E-state index contributed by atoms with van der Waals surface area (Å²) >= 11 is 0. The summed E-state index contributed by atoms with van der Waals surface area (Å²) in [6, 6.07) is 27.8. The van der Waals surface area contributed by atoms with Crippen LogP contribution in [0, 0.1) is 5.92 Å². The van der Waals surface area contributed by atoms with Gasteiger partial charge in [0.1, 0.15) is 6.61 Å². The largest absolute Gasteiger partial charge is 0.475 e. The molecule has 0 spiro atoms. The molecule has 3 aromatic carbocycles. The Bertz CT molecular complexity index is 1080. The van der Waals surface area contributed by atoms with Crippen molar-refractivity contribution in [1.82, 2.24) is 0 Å². The van der Waals surface area contributed by atoms with Gasteiger partial charge in [0, 0.05) is 13.5 Å². The van der Waals surface area contributed by atoms with E-state index >= 15 is 0 Å². The van der Waals surface area contributed by atoms with Gasteiger partial charge in [0.05, 0.1) is 37.9 Å². The lowest BCUT2D eigenvalue weighted by molar-refractivity contribution is -0.154. The molecule has 0 saturated carbocycles. The van der Waals surface area contributed by atoms with Crippen molar-refractivity contribution in [3.05, 3.63) is 108 Å². The van der Waals surface area contributed by atoms with Crippen molar-refractivity contribution in [2.45, 2.75) is 45.4 Å². The first-order valence-electron chi connectivity index (χ1n) is 12.4. The topological polar surface area (TPSA) is 101 Å². The third-order valence-electron chi connectivity index (χ3n) is 5.89. The minimum absolute atomic E-state index is 0.0253. The van der Waals surface area contributed by atoms with Gasteiger partial charge in [-0.3, -0.25) is 18.4 Å². The molecule has 0 amide bonds. The zero-order chi connectivity index (χ0) is 27.2. The summed E-state index contributed by atoms with van der Waals surface area (Å²) in [5, 5.41) is 10.7. The molecule has 0 bridgehead atoms. The molecule has 3 rings (SSSR count). The third-order valence-corrected chi connectivity index (χ3v) is 7.25. The summed E-state index contributed by atoms with van der Waals surface area (Å²) in [5.74, 6) is -1.33. The van der Waals surface area contributed by atoms with Gasteiger partial charge in [0.15, 0.2) is 0 Å². The number of hydrogen-bond acceptors (Lipinski definition) is 8. The molecule has 0 aliphatic rings. The molecular formula is C29H35O8P. The van der Waals surface area contributed by atoms with Crippen LogP contribution in [0.15, 0.2) is 91.0 Å².